The summed E-state index contributed by atoms with van der Waals surface area (Å²) in [6.45, 7) is 4.20. The molecule has 0 aromatic heterocycles. The zero-order chi connectivity index (χ0) is 15.0. The average molecular weight is 288 g/mol. The lowest BCUT2D eigenvalue weighted by atomic mass is 9.90. The highest BCUT2D eigenvalue weighted by atomic mass is 16.5. The molecule has 2 fully saturated rings. The standard InChI is InChI=1S/C17H24N2O2/c1-11(2)15-17(20)19(13-5-4-6-13)16(18-15)12-7-9-14(21-3)10-8-12/h7-11,13,15-16,18H,4-6H2,1-3H3. The van der Waals surface area contributed by atoms with Crippen molar-refractivity contribution in [1.29, 1.82) is 0 Å². The van der Waals surface area contributed by atoms with Crippen LogP contribution in [0.25, 0.3) is 0 Å². The highest BCUT2D eigenvalue weighted by Crippen LogP contribution is 2.37. The summed E-state index contributed by atoms with van der Waals surface area (Å²) < 4.78 is 5.22. The van der Waals surface area contributed by atoms with Gasteiger partial charge in [0.15, 0.2) is 0 Å². The Kier molecular flexibility index (Phi) is 3.89. The molecule has 0 bridgehead atoms. The molecule has 0 radical (unpaired) electrons. The van der Waals surface area contributed by atoms with Crippen molar-refractivity contribution >= 4 is 5.91 Å². The fourth-order valence-corrected chi connectivity index (χ4v) is 3.19. The number of amides is 1. The number of ether oxygens (including phenoxy) is 1. The van der Waals surface area contributed by atoms with Gasteiger partial charge in [0.1, 0.15) is 11.9 Å². The van der Waals surface area contributed by atoms with Gasteiger partial charge in [0.25, 0.3) is 0 Å². The molecule has 21 heavy (non-hydrogen) atoms. The molecule has 2 aliphatic rings. The topological polar surface area (TPSA) is 41.6 Å². The highest BCUT2D eigenvalue weighted by Gasteiger charge is 2.45. The number of hydrogen-bond acceptors (Lipinski definition) is 3. The van der Waals surface area contributed by atoms with E-state index in [1.165, 1.54) is 6.42 Å². The first kappa shape index (κ1) is 14.4. The van der Waals surface area contributed by atoms with Gasteiger partial charge in [-0.15, -0.1) is 0 Å². The van der Waals surface area contributed by atoms with Crippen LogP contribution in [0.15, 0.2) is 24.3 Å². The Bertz CT molecular complexity index is 508. The van der Waals surface area contributed by atoms with Crippen LogP contribution in [0.4, 0.5) is 0 Å². The Hall–Kier alpha value is -1.55. The molecule has 4 nitrogen and oxygen atoms in total. The van der Waals surface area contributed by atoms with Crippen molar-refractivity contribution in [2.45, 2.75) is 51.4 Å². The second-order valence-electron chi connectivity index (χ2n) is 6.39. The Morgan fingerprint density at radius 1 is 1.24 bits per heavy atom. The molecule has 114 valence electrons. The third-order valence-electron chi connectivity index (χ3n) is 4.70. The maximum absolute atomic E-state index is 12.7. The molecule has 1 aliphatic heterocycles. The SMILES string of the molecule is COc1ccc(C2NC(C(C)C)C(=O)N2C2CCC2)cc1. The van der Waals surface area contributed by atoms with Gasteiger partial charge < -0.3 is 9.64 Å². The van der Waals surface area contributed by atoms with E-state index in [1.54, 1.807) is 7.11 Å². The Morgan fingerprint density at radius 3 is 2.38 bits per heavy atom. The van der Waals surface area contributed by atoms with Crippen molar-refractivity contribution in [3.8, 4) is 5.75 Å². The normalized spacial score (nSPS) is 26.3. The van der Waals surface area contributed by atoms with Crippen LogP contribution in [-0.2, 0) is 4.79 Å². The molecular weight excluding hydrogens is 264 g/mol. The largest absolute Gasteiger partial charge is 0.497 e. The van der Waals surface area contributed by atoms with Gasteiger partial charge in [0.2, 0.25) is 5.91 Å². The van der Waals surface area contributed by atoms with E-state index in [1.807, 2.05) is 12.1 Å². The van der Waals surface area contributed by atoms with Crippen molar-refractivity contribution in [1.82, 2.24) is 10.2 Å². The van der Waals surface area contributed by atoms with E-state index < -0.39 is 0 Å². The Balaban J connectivity index is 1.88. The van der Waals surface area contributed by atoms with Crippen molar-refractivity contribution in [2.75, 3.05) is 7.11 Å². The van der Waals surface area contributed by atoms with Gasteiger partial charge in [-0.25, -0.2) is 0 Å². The predicted octanol–water partition coefficient (Wildman–Crippen LogP) is 2.70. The first-order valence-electron chi connectivity index (χ1n) is 7.84. The number of benzene rings is 1. The van der Waals surface area contributed by atoms with Crippen molar-refractivity contribution in [2.24, 2.45) is 5.92 Å². The van der Waals surface area contributed by atoms with Crippen LogP contribution in [0.5, 0.6) is 5.75 Å². The summed E-state index contributed by atoms with van der Waals surface area (Å²) >= 11 is 0. The summed E-state index contributed by atoms with van der Waals surface area (Å²) in [4.78, 5) is 14.8. The molecule has 0 spiro atoms. The van der Waals surface area contributed by atoms with Gasteiger partial charge in [-0.3, -0.25) is 10.1 Å². The van der Waals surface area contributed by atoms with Crippen LogP contribution in [0.3, 0.4) is 0 Å². The maximum Gasteiger partial charge on any atom is 0.241 e. The van der Waals surface area contributed by atoms with Crippen molar-refractivity contribution < 1.29 is 9.53 Å². The van der Waals surface area contributed by atoms with Crippen LogP contribution in [0.1, 0.15) is 44.8 Å². The van der Waals surface area contributed by atoms with E-state index in [9.17, 15) is 4.79 Å². The molecule has 4 heteroatoms. The fourth-order valence-electron chi connectivity index (χ4n) is 3.19. The molecular formula is C17H24N2O2. The van der Waals surface area contributed by atoms with Crippen molar-refractivity contribution in [3.63, 3.8) is 0 Å². The molecule has 1 N–H and O–H groups in total. The third-order valence-corrected chi connectivity index (χ3v) is 4.70. The van der Waals surface area contributed by atoms with Crippen LogP contribution in [-0.4, -0.2) is 30.0 Å². The monoisotopic (exact) mass is 288 g/mol. The lowest BCUT2D eigenvalue weighted by Gasteiger charge is -2.38. The smallest absolute Gasteiger partial charge is 0.241 e. The number of nitrogens with one attached hydrogen (secondary N) is 1. The van der Waals surface area contributed by atoms with Crippen LogP contribution in [0, 0.1) is 5.92 Å². The number of nitrogens with zero attached hydrogens (tertiary/aromatic N) is 1. The lowest BCUT2D eigenvalue weighted by molar-refractivity contribution is -0.134. The Morgan fingerprint density at radius 2 is 1.90 bits per heavy atom. The van der Waals surface area contributed by atoms with E-state index in [0.717, 1.165) is 24.2 Å². The van der Waals surface area contributed by atoms with Gasteiger partial charge in [-0.2, -0.15) is 0 Å². The van der Waals surface area contributed by atoms with Gasteiger partial charge in [0, 0.05) is 6.04 Å². The average Bonchev–Trinajstić information content (AvgIpc) is 2.76. The number of carbonyl (C=O) groups excluding carboxylic acids is 1. The molecule has 1 aliphatic carbocycles. The lowest BCUT2D eigenvalue weighted by Crippen LogP contribution is -2.44. The van der Waals surface area contributed by atoms with Crippen LogP contribution < -0.4 is 10.1 Å². The second-order valence-corrected chi connectivity index (χ2v) is 6.39. The summed E-state index contributed by atoms with van der Waals surface area (Å²) in [6.07, 6.45) is 3.49. The molecule has 2 atom stereocenters. The summed E-state index contributed by atoms with van der Waals surface area (Å²) in [6, 6.07) is 8.36. The fraction of sp³-hybridized carbons (Fsp3) is 0.588. The molecule has 1 amide bonds. The van der Waals surface area contributed by atoms with E-state index >= 15 is 0 Å². The maximum atomic E-state index is 12.7. The van der Waals surface area contributed by atoms with E-state index in [-0.39, 0.29) is 18.1 Å². The summed E-state index contributed by atoms with van der Waals surface area (Å²) in [5, 5.41) is 3.53. The first-order valence-corrected chi connectivity index (χ1v) is 7.84. The number of hydrogen-bond donors (Lipinski definition) is 1. The van der Waals surface area contributed by atoms with E-state index in [4.69, 9.17) is 4.74 Å². The minimum absolute atomic E-state index is 0.00102. The van der Waals surface area contributed by atoms with Gasteiger partial charge in [-0.05, 0) is 42.9 Å². The zero-order valence-electron chi connectivity index (χ0n) is 13.0. The van der Waals surface area contributed by atoms with E-state index in [2.05, 4.69) is 36.2 Å². The van der Waals surface area contributed by atoms with Gasteiger partial charge in [0.05, 0.1) is 13.2 Å². The zero-order valence-corrected chi connectivity index (χ0v) is 13.0. The molecule has 1 aromatic carbocycles. The molecule has 2 unspecified atom stereocenters. The van der Waals surface area contributed by atoms with Gasteiger partial charge in [-0.1, -0.05) is 26.0 Å². The summed E-state index contributed by atoms with van der Waals surface area (Å²) in [5.74, 6) is 1.41. The molecule has 1 heterocycles. The quantitative estimate of drug-likeness (QED) is 0.926. The summed E-state index contributed by atoms with van der Waals surface area (Å²) in [7, 11) is 1.67. The third kappa shape index (κ3) is 2.53. The molecule has 1 saturated heterocycles. The molecule has 1 aromatic rings. The number of methoxy groups -OCH3 is 1. The molecule has 3 rings (SSSR count). The van der Waals surface area contributed by atoms with Crippen LogP contribution >= 0.6 is 0 Å². The Labute approximate surface area is 126 Å². The van der Waals surface area contributed by atoms with Crippen LogP contribution in [0.2, 0.25) is 0 Å². The predicted molar refractivity (Wildman–Crippen MR) is 82.0 cm³/mol. The number of rotatable bonds is 4. The van der Waals surface area contributed by atoms with Gasteiger partial charge >= 0.3 is 0 Å². The highest BCUT2D eigenvalue weighted by molar-refractivity contribution is 5.85. The van der Waals surface area contributed by atoms with E-state index in [0.29, 0.717) is 12.0 Å². The second kappa shape index (κ2) is 5.68. The first-order chi connectivity index (χ1) is 10.1. The minimum Gasteiger partial charge on any atom is -0.497 e. The molecule has 1 saturated carbocycles. The minimum atomic E-state index is -0.0716. The summed E-state index contributed by atoms with van der Waals surface area (Å²) in [5.41, 5.74) is 1.14. The van der Waals surface area contributed by atoms with Crippen molar-refractivity contribution in [3.05, 3.63) is 29.8 Å². The number of carbonyl (C=O) groups is 1.